The molecule has 6 nitrogen and oxygen atoms in total. The number of carbonyl (C=O) groups excluding carboxylic acids is 1. The van der Waals surface area contributed by atoms with Gasteiger partial charge in [0.05, 0.1) is 7.11 Å². The van der Waals surface area contributed by atoms with Gasteiger partial charge in [-0.15, -0.1) is 0 Å². The maximum absolute atomic E-state index is 12.1. The van der Waals surface area contributed by atoms with E-state index in [2.05, 4.69) is 10.6 Å². The molecule has 0 fully saturated rings. The van der Waals surface area contributed by atoms with Gasteiger partial charge >= 0.3 is 0 Å². The van der Waals surface area contributed by atoms with Crippen molar-refractivity contribution in [3.05, 3.63) is 70.9 Å². The van der Waals surface area contributed by atoms with E-state index in [0.717, 1.165) is 11.3 Å². The van der Waals surface area contributed by atoms with Gasteiger partial charge in [0.15, 0.2) is 0 Å². The number of ether oxygens (including phenoxy) is 2. The van der Waals surface area contributed by atoms with Crippen molar-refractivity contribution in [2.45, 2.75) is 6.54 Å². The van der Waals surface area contributed by atoms with Crippen LogP contribution in [0.25, 0.3) is 0 Å². The minimum atomic E-state index is -0.471. The standard InChI is InChI=1S/C20H20ClN3O3/c1-26-17-6-8-18(9-7-17)27-11-10-23-13-16(12-22)20(25)24-14-15-4-2-3-5-19(15)21/h2-9,13,23H,10-11,14H2,1H3,(H,24,25)/b16-13-. The van der Waals surface area contributed by atoms with Crippen LogP contribution in [0.4, 0.5) is 0 Å². The third-order valence-corrected chi connectivity index (χ3v) is 3.95. The van der Waals surface area contributed by atoms with E-state index in [4.69, 9.17) is 26.3 Å². The molecular weight excluding hydrogens is 366 g/mol. The topological polar surface area (TPSA) is 83.4 Å². The Bertz CT molecular complexity index is 829. The Balaban J connectivity index is 1.75. The van der Waals surface area contributed by atoms with Crippen molar-refractivity contribution in [3.63, 3.8) is 0 Å². The average Bonchev–Trinajstić information content (AvgIpc) is 2.70. The third kappa shape index (κ3) is 6.57. The second kappa shape index (κ2) is 10.7. The molecule has 0 radical (unpaired) electrons. The van der Waals surface area contributed by atoms with Crippen LogP contribution in [0.5, 0.6) is 11.5 Å². The number of halogens is 1. The molecule has 1 amide bonds. The second-order valence-electron chi connectivity index (χ2n) is 5.42. The molecular formula is C20H20ClN3O3. The number of nitrogens with zero attached hydrogens (tertiary/aromatic N) is 1. The predicted molar refractivity (Wildman–Crippen MR) is 103 cm³/mol. The molecule has 0 bridgehead atoms. The average molecular weight is 386 g/mol. The highest BCUT2D eigenvalue weighted by Crippen LogP contribution is 2.16. The summed E-state index contributed by atoms with van der Waals surface area (Å²) >= 11 is 6.04. The molecule has 0 unspecified atom stereocenters. The molecule has 0 saturated heterocycles. The van der Waals surface area contributed by atoms with E-state index in [0.29, 0.717) is 23.9 Å². The van der Waals surface area contributed by atoms with E-state index < -0.39 is 5.91 Å². The smallest absolute Gasteiger partial charge is 0.263 e. The maximum atomic E-state index is 12.1. The Hall–Kier alpha value is -3.17. The zero-order chi connectivity index (χ0) is 19.5. The first-order valence-corrected chi connectivity index (χ1v) is 8.64. The van der Waals surface area contributed by atoms with Gasteiger partial charge in [-0.1, -0.05) is 29.8 Å². The van der Waals surface area contributed by atoms with Gasteiger partial charge in [-0.05, 0) is 35.9 Å². The quantitative estimate of drug-likeness (QED) is 0.394. The van der Waals surface area contributed by atoms with E-state index in [9.17, 15) is 4.79 Å². The summed E-state index contributed by atoms with van der Waals surface area (Å²) in [6.45, 7) is 1.07. The van der Waals surface area contributed by atoms with E-state index in [1.54, 1.807) is 37.4 Å². The van der Waals surface area contributed by atoms with Crippen LogP contribution in [0, 0.1) is 11.3 Å². The van der Waals surface area contributed by atoms with E-state index >= 15 is 0 Å². The molecule has 0 saturated carbocycles. The summed E-state index contributed by atoms with van der Waals surface area (Å²) in [5.41, 5.74) is 0.761. The number of hydrogen-bond acceptors (Lipinski definition) is 5. The van der Waals surface area contributed by atoms with Gasteiger partial charge in [0.25, 0.3) is 5.91 Å². The second-order valence-corrected chi connectivity index (χ2v) is 5.83. The van der Waals surface area contributed by atoms with Crippen LogP contribution >= 0.6 is 11.6 Å². The lowest BCUT2D eigenvalue weighted by Gasteiger charge is -2.08. The van der Waals surface area contributed by atoms with Gasteiger partial charge in [-0.25, -0.2) is 0 Å². The van der Waals surface area contributed by atoms with Crippen LogP contribution in [-0.4, -0.2) is 26.2 Å². The van der Waals surface area contributed by atoms with Gasteiger partial charge in [-0.2, -0.15) is 5.26 Å². The third-order valence-electron chi connectivity index (χ3n) is 3.58. The SMILES string of the molecule is COc1ccc(OCCN/C=C(/C#N)C(=O)NCc2ccccc2Cl)cc1. The first kappa shape index (κ1) is 20.1. The fourth-order valence-corrected chi connectivity index (χ4v) is 2.34. The zero-order valence-electron chi connectivity index (χ0n) is 14.9. The summed E-state index contributed by atoms with van der Waals surface area (Å²) in [5.74, 6) is 0.991. The summed E-state index contributed by atoms with van der Waals surface area (Å²) in [7, 11) is 1.60. The minimum absolute atomic E-state index is 0.0218. The summed E-state index contributed by atoms with van der Waals surface area (Å²) < 4.78 is 10.6. The van der Waals surface area contributed by atoms with Gasteiger partial charge in [-0.3, -0.25) is 4.79 Å². The van der Waals surface area contributed by atoms with Crippen LogP contribution in [0.3, 0.4) is 0 Å². The van der Waals surface area contributed by atoms with Crippen LogP contribution in [0.1, 0.15) is 5.56 Å². The molecule has 0 aliphatic heterocycles. The zero-order valence-corrected chi connectivity index (χ0v) is 15.6. The highest BCUT2D eigenvalue weighted by molar-refractivity contribution is 6.31. The number of methoxy groups -OCH3 is 1. The molecule has 0 heterocycles. The molecule has 2 rings (SSSR count). The molecule has 7 heteroatoms. The summed E-state index contributed by atoms with van der Waals surface area (Å²) in [6, 6.07) is 16.3. The van der Waals surface area contributed by atoms with Crippen molar-refractivity contribution < 1.29 is 14.3 Å². The number of hydrogen-bond donors (Lipinski definition) is 2. The number of nitriles is 1. The number of nitrogens with one attached hydrogen (secondary N) is 2. The Labute approximate surface area is 163 Å². The van der Waals surface area contributed by atoms with Crippen molar-refractivity contribution in [2.24, 2.45) is 0 Å². The van der Waals surface area contributed by atoms with E-state index in [1.807, 2.05) is 24.3 Å². The molecule has 0 spiro atoms. The molecule has 2 aromatic carbocycles. The number of amides is 1. The molecule has 0 aliphatic carbocycles. The van der Waals surface area contributed by atoms with Gasteiger partial charge in [0.1, 0.15) is 29.7 Å². The van der Waals surface area contributed by atoms with E-state index in [-0.39, 0.29) is 12.1 Å². The maximum Gasteiger partial charge on any atom is 0.263 e. The Kier molecular flexibility index (Phi) is 8.01. The van der Waals surface area contributed by atoms with Gasteiger partial charge in [0, 0.05) is 24.3 Å². The number of benzene rings is 2. The fraction of sp³-hybridized carbons (Fsp3) is 0.200. The molecule has 0 aliphatic rings. The van der Waals surface area contributed by atoms with Crippen molar-refractivity contribution in [2.75, 3.05) is 20.3 Å². The lowest BCUT2D eigenvalue weighted by atomic mass is 10.2. The lowest BCUT2D eigenvalue weighted by Crippen LogP contribution is -2.26. The van der Waals surface area contributed by atoms with Crippen molar-refractivity contribution in [1.29, 1.82) is 5.26 Å². The summed E-state index contributed by atoms with van der Waals surface area (Å²) in [5, 5.41) is 15.3. The molecule has 27 heavy (non-hydrogen) atoms. The van der Waals surface area contributed by atoms with Crippen LogP contribution in [-0.2, 0) is 11.3 Å². The number of rotatable bonds is 9. The molecule has 2 N–H and O–H groups in total. The summed E-state index contributed by atoms with van der Waals surface area (Å²) in [4.78, 5) is 12.1. The van der Waals surface area contributed by atoms with Crippen molar-refractivity contribution in [1.82, 2.24) is 10.6 Å². The lowest BCUT2D eigenvalue weighted by molar-refractivity contribution is -0.117. The molecule has 0 atom stereocenters. The van der Waals surface area contributed by atoms with Gasteiger partial charge < -0.3 is 20.1 Å². The highest BCUT2D eigenvalue weighted by atomic mass is 35.5. The normalized spacial score (nSPS) is 10.6. The van der Waals surface area contributed by atoms with Gasteiger partial charge in [0.2, 0.25) is 0 Å². The Morgan fingerprint density at radius 1 is 1.19 bits per heavy atom. The monoisotopic (exact) mass is 385 g/mol. The number of carbonyl (C=O) groups is 1. The fourth-order valence-electron chi connectivity index (χ4n) is 2.14. The van der Waals surface area contributed by atoms with Crippen LogP contribution in [0.15, 0.2) is 60.3 Å². The first-order valence-electron chi connectivity index (χ1n) is 8.26. The molecule has 140 valence electrons. The highest BCUT2D eigenvalue weighted by Gasteiger charge is 2.09. The van der Waals surface area contributed by atoms with E-state index in [1.165, 1.54) is 6.20 Å². The minimum Gasteiger partial charge on any atom is -0.497 e. The Morgan fingerprint density at radius 3 is 2.56 bits per heavy atom. The van der Waals surface area contributed by atoms with Crippen LogP contribution < -0.4 is 20.1 Å². The largest absolute Gasteiger partial charge is 0.497 e. The predicted octanol–water partition coefficient (Wildman–Crippen LogP) is 3.04. The van der Waals surface area contributed by atoms with Crippen LogP contribution in [0.2, 0.25) is 5.02 Å². The first-order chi connectivity index (χ1) is 13.1. The molecule has 2 aromatic rings. The van der Waals surface area contributed by atoms with Crippen molar-refractivity contribution in [3.8, 4) is 17.6 Å². The van der Waals surface area contributed by atoms with Crippen molar-refractivity contribution >= 4 is 17.5 Å². The summed E-state index contributed by atoms with van der Waals surface area (Å²) in [6.07, 6.45) is 1.37. The molecule has 0 aromatic heterocycles. The Morgan fingerprint density at radius 2 is 1.89 bits per heavy atom.